The zero-order valence-electron chi connectivity index (χ0n) is 6.30. The van der Waals surface area contributed by atoms with E-state index in [1.165, 1.54) is 17.8 Å². The summed E-state index contributed by atoms with van der Waals surface area (Å²) in [5.74, 6) is -0.156. The second kappa shape index (κ2) is 3.58. The van der Waals surface area contributed by atoms with Crippen LogP contribution in [-0.4, -0.2) is 0 Å². The van der Waals surface area contributed by atoms with E-state index in [-0.39, 0.29) is 5.82 Å². The van der Waals surface area contributed by atoms with Gasteiger partial charge in [0.25, 0.3) is 0 Å². The van der Waals surface area contributed by atoms with Crippen LogP contribution >= 0.6 is 11.8 Å². The van der Waals surface area contributed by atoms with E-state index in [2.05, 4.69) is 6.58 Å². The molecule has 1 aromatic carbocycles. The van der Waals surface area contributed by atoms with Crippen molar-refractivity contribution < 1.29 is 4.39 Å². The molecule has 0 fully saturated rings. The standard InChI is InChI=1S/C9H9FS/c1-3-11-9-6-4-5-8(10)7(9)2/h3-6H,1H2,2H3. The Morgan fingerprint density at radius 3 is 2.91 bits per heavy atom. The first-order chi connectivity index (χ1) is 5.25. The molecule has 0 N–H and O–H groups in total. The van der Waals surface area contributed by atoms with Crippen molar-refractivity contribution in [1.29, 1.82) is 0 Å². The molecule has 0 aliphatic carbocycles. The molecule has 0 bridgehead atoms. The fourth-order valence-electron chi connectivity index (χ4n) is 0.805. The van der Waals surface area contributed by atoms with Gasteiger partial charge in [0.15, 0.2) is 0 Å². The Labute approximate surface area is 70.1 Å². The Balaban J connectivity index is 3.05. The van der Waals surface area contributed by atoms with Crippen LogP contribution in [0.4, 0.5) is 4.39 Å². The van der Waals surface area contributed by atoms with Crippen LogP contribution < -0.4 is 0 Å². The maximum absolute atomic E-state index is 12.9. The minimum Gasteiger partial charge on any atom is -0.207 e. The predicted molar refractivity (Wildman–Crippen MR) is 47.2 cm³/mol. The average Bonchev–Trinajstić information content (AvgIpc) is 1.99. The van der Waals surface area contributed by atoms with Crippen molar-refractivity contribution in [1.82, 2.24) is 0 Å². The van der Waals surface area contributed by atoms with Gasteiger partial charge in [-0.1, -0.05) is 24.4 Å². The molecule has 0 saturated heterocycles. The largest absolute Gasteiger partial charge is 0.207 e. The highest BCUT2D eigenvalue weighted by molar-refractivity contribution is 8.02. The van der Waals surface area contributed by atoms with E-state index in [1.807, 2.05) is 6.07 Å². The highest BCUT2D eigenvalue weighted by Crippen LogP contribution is 2.23. The lowest BCUT2D eigenvalue weighted by atomic mass is 10.2. The van der Waals surface area contributed by atoms with Gasteiger partial charge in [0.1, 0.15) is 5.82 Å². The normalized spacial score (nSPS) is 9.64. The quantitative estimate of drug-likeness (QED) is 0.610. The number of halogens is 1. The van der Waals surface area contributed by atoms with E-state index < -0.39 is 0 Å². The number of benzene rings is 1. The molecule has 0 amide bonds. The predicted octanol–water partition coefficient (Wildman–Crippen LogP) is 3.37. The van der Waals surface area contributed by atoms with Crippen molar-refractivity contribution in [2.24, 2.45) is 0 Å². The van der Waals surface area contributed by atoms with Crippen molar-refractivity contribution in [3.05, 3.63) is 41.6 Å². The molecule has 11 heavy (non-hydrogen) atoms. The van der Waals surface area contributed by atoms with Gasteiger partial charge in [-0.3, -0.25) is 0 Å². The topological polar surface area (TPSA) is 0 Å². The number of thioether (sulfide) groups is 1. The summed E-state index contributed by atoms with van der Waals surface area (Å²) in [6, 6.07) is 5.04. The molecule has 0 saturated carbocycles. The van der Waals surface area contributed by atoms with Crippen molar-refractivity contribution in [3.63, 3.8) is 0 Å². The summed E-state index contributed by atoms with van der Waals surface area (Å²) in [5.41, 5.74) is 0.692. The van der Waals surface area contributed by atoms with E-state index in [1.54, 1.807) is 18.4 Å². The monoisotopic (exact) mass is 168 g/mol. The lowest BCUT2D eigenvalue weighted by Crippen LogP contribution is -1.83. The molecule has 2 heteroatoms. The Bertz CT molecular complexity index is 268. The van der Waals surface area contributed by atoms with Crippen molar-refractivity contribution in [3.8, 4) is 0 Å². The molecular weight excluding hydrogens is 159 g/mol. The zero-order valence-corrected chi connectivity index (χ0v) is 7.12. The number of rotatable bonds is 2. The molecule has 0 atom stereocenters. The molecule has 58 valence electrons. The summed E-state index contributed by atoms with van der Waals surface area (Å²) in [7, 11) is 0. The summed E-state index contributed by atoms with van der Waals surface area (Å²) >= 11 is 1.44. The van der Waals surface area contributed by atoms with E-state index in [4.69, 9.17) is 0 Å². The van der Waals surface area contributed by atoms with Crippen LogP contribution in [0.2, 0.25) is 0 Å². The summed E-state index contributed by atoms with van der Waals surface area (Å²) in [6.45, 7) is 5.33. The van der Waals surface area contributed by atoms with Crippen LogP contribution in [-0.2, 0) is 0 Å². The Morgan fingerprint density at radius 2 is 2.27 bits per heavy atom. The van der Waals surface area contributed by atoms with Gasteiger partial charge in [-0.2, -0.15) is 0 Å². The molecule has 0 unspecified atom stereocenters. The van der Waals surface area contributed by atoms with Crippen LogP contribution in [0.1, 0.15) is 5.56 Å². The second-order valence-corrected chi connectivity index (χ2v) is 3.16. The Kier molecular flexibility index (Phi) is 2.71. The molecule has 0 spiro atoms. The smallest absolute Gasteiger partial charge is 0.127 e. The minimum absolute atomic E-state index is 0.156. The Morgan fingerprint density at radius 1 is 1.55 bits per heavy atom. The molecular formula is C9H9FS. The van der Waals surface area contributed by atoms with Gasteiger partial charge >= 0.3 is 0 Å². The number of hydrogen-bond donors (Lipinski definition) is 0. The van der Waals surface area contributed by atoms with E-state index in [0.29, 0.717) is 5.56 Å². The van der Waals surface area contributed by atoms with Gasteiger partial charge in [-0.25, -0.2) is 4.39 Å². The van der Waals surface area contributed by atoms with Crippen molar-refractivity contribution in [2.75, 3.05) is 0 Å². The molecule has 1 rings (SSSR count). The SMILES string of the molecule is C=CSc1cccc(F)c1C. The van der Waals surface area contributed by atoms with Gasteiger partial charge in [0, 0.05) is 4.90 Å². The third kappa shape index (κ3) is 1.84. The van der Waals surface area contributed by atoms with Crippen LogP contribution in [0.3, 0.4) is 0 Å². The molecule has 0 heterocycles. The molecule has 0 aromatic heterocycles. The fourth-order valence-corrected chi connectivity index (χ4v) is 1.42. The fraction of sp³-hybridized carbons (Fsp3) is 0.111. The first-order valence-electron chi connectivity index (χ1n) is 3.28. The number of hydrogen-bond acceptors (Lipinski definition) is 1. The third-order valence-corrected chi connectivity index (χ3v) is 2.29. The second-order valence-electron chi connectivity index (χ2n) is 2.15. The lowest BCUT2D eigenvalue weighted by molar-refractivity contribution is 0.613. The molecule has 0 aliphatic rings. The molecule has 0 aliphatic heterocycles. The van der Waals surface area contributed by atoms with Gasteiger partial charge in [-0.05, 0) is 30.0 Å². The summed E-state index contributed by atoms with van der Waals surface area (Å²) < 4.78 is 12.9. The lowest BCUT2D eigenvalue weighted by Gasteiger charge is -2.01. The zero-order chi connectivity index (χ0) is 8.27. The van der Waals surface area contributed by atoms with Crippen LogP contribution in [0.25, 0.3) is 0 Å². The summed E-state index contributed by atoms with van der Waals surface area (Å²) in [4.78, 5) is 0.931. The molecule has 0 nitrogen and oxygen atoms in total. The maximum Gasteiger partial charge on any atom is 0.127 e. The van der Waals surface area contributed by atoms with E-state index in [0.717, 1.165) is 4.90 Å². The first kappa shape index (κ1) is 8.34. The summed E-state index contributed by atoms with van der Waals surface area (Å²) in [6.07, 6.45) is 0. The average molecular weight is 168 g/mol. The minimum atomic E-state index is -0.156. The maximum atomic E-state index is 12.9. The van der Waals surface area contributed by atoms with Gasteiger partial charge in [0.2, 0.25) is 0 Å². The van der Waals surface area contributed by atoms with Crippen LogP contribution in [0.15, 0.2) is 35.1 Å². The first-order valence-corrected chi connectivity index (χ1v) is 4.16. The van der Waals surface area contributed by atoms with Crippen molar-refractivity contribution >= 4 is 11.8 Å². The molecule has 0 radical (unpaired) electrons. The van der Waals surface area contributed by atoms with Gasteiger partial charge in [-0.15, -0.1) is 0 Å². The van der Waals surface area contributed by atoms with Crippen LogP contribution in [0.5, 0.6) is 0 Å². The highest BCUT2D eigenvalue weighted by atomic mass is 32.2. The van der Waals surface area contributed by atoms with Crippen LogP contribution in [0, 0.1) is 12.7 Å². The van der Waals surface area contributed by atoms with E-state index >= 15 is 0 Å². The molecule has 1 aromatic rings. The van der Waals surface area contributed by atoms with Gasteiger partial charge < -0.3 is 0 Å². The highest BCUT2D eigenvalue weighted by Gasteiger charge is 2.00. The van der Waals surface area contributed by atoms with Crippen molar-refractivity contribution in [2.45, 2.75) is 11.8 Å². The third-order valence-electron chi connectivity index (χ3n) is 1.43. The Hall–Kier alpha value is -0.760. The van der Waals surface area contributed by atoms with Gasteiger partial charge in [0.05, 0.1) is 0 Å². The van der Waals surface area contributed by atoms with E-state index in [9.17, 15) is 4.39 Å². The summed E-state index contributed by atoms with van der Waals surface area (Å²) in [5, 5.41) is 1.70.